The molecule has 8 nitrogen and oxygen atoms in total. The summed E-state index contributed by atoms with van der Waals surface area (Å²) >= 11 is 0. The van der Waals surface area contributed by atoms with Crippen molar-refractivity contribution in [2.24, 2.45) is 5.92 Å². The molecule has 28 heavy (non-hydrogen) atoms. The van der Waals surface area contributed by atoms with Crippen LogP contribution in [0.4, 0.5) is 5.69 Å². The molecule has 2 fully saturated rings. The predicted molar refractivity (Wildman–Crippen MR) is 108 cm³/mol. The first-order valence-corrected chi connectivity index (χ1v) is 11.0. The van der Waals surface area contributed by atoms with Gasteiger partial charge in [-0.3, -0.25) is 9.21 Å². The van der Waals surface area contributed by atoms with Gasteiger partial charge in [-0.1, -0.05) is 0 Å². The summed E-state index contributed by atoms with van der Waals surface area (Å²) in [6, 6.07) is 4.54. The zero-order valence-corrected chi connectivity index (χ0v) is 17.5. The largest absolute Gasteiger partial charge is 0.491 e. The molecule has 1 heterocycles. The summed E-state index contributed by atoms with van der Waals surface area (Å²) in [6.45, 7) is 4.47. The Morgan fingerprint density at radius 3 is 2.57 bits per heavy atom. The Kier molecular flexibility index (Phi) is 7.94. The average molecular weight is 435 g/mol. The molecule has 158 valence electrons. The number of carboxylic acid groups (broad SMARTS) is 1. The van der Waals surface area contributed by atoms with Gasteiger partial charge in [0.25, 0.3) is 0 Å². The maximum Gasteiger partial charge on any atom is 0.339 e. The molecule has 1 saturated carbocycles. The van der Waals surface area contributed by atoms with Gasteiger partial charge < -0.3 is 14.6 Å². The van der Waals surface area contributed by atoms with Gasteiger partial charge in [0.15, 0.2) is 0 Å². The Morgan fingerprint density at radius 1 is 1.32 bits per heavy atom. The Bertz CT molecular complexity index is 778. The number of carboxylic acids is 1. The van der Waals surface area contributed by atoms with Crippen molar-refractivity contribution < 1.29 is 27.8 Å². The van der Waals surface area contributed by atoms with E-state index in [-0.39, 0.29) is 23.7 Å². The number of carbonyl (C=O) groups is 1. The molecule has 1 aliphatic heterocycles. The fraction of sp³-hybridized carbons (Fsp3) is 0.611. The molecule has 0 radical (unpaired) electrons. The van der Waals surface area contributed by atoms with Crippen LogP contribution in [0.15, 0.2) is 18.2 Å². The van der Waals surface area contributed by atoms with Crippen LogP contribution >= 0.6 is 12.4 Å². The van der Waals surface area contributed by atoms with Gasteiger partial charge in [0.2, 0.25) is 10.0 Å². The Hall–Kier alpha value is -1.55. The van der Waals surface area contributed by atoms with Crippen LogP contribution in [-0.2, 0) is 14.8 Å². The second kappa shape index (κ2) is 9.78. The summed E-state index contributed by atoms with van der Waals surface area (Å²) in [4.78, 5) is 13.9. The second-order valence-corrected chi connectivity index (χ2v) is 8.93. The van der Waals surface area contributed by atoms with Gasteiger partial charge >= 0.3 is 5.97 Å². The number of hydrogen-bond donors (Lipinski definition) is 1. The first kappa shape index (κ1) is 22.7. The Balaban J connectivity index is 0.00000280. The highest BCUT2D eigenvalue weighted by Gasteiger charge is 2.29. The quantitative estimate of drug-likeness (QED) is 0.631. The maximum atomic E-state index is 12.1. The second-order valence-electron chi connectivity index (χ2n) is 7.03. The van der Waals surface area contributed by atoms with Crippen LogP contribution in [0.2, 0.25) is 0 Å². The van der Waals surface area contributed by atoms with Crippen LogP contribution in [0.25, 0.3) is 0 Å². The van der Waals surface area contributed by atoms with Crippen molar-refractivity contribution in [3.8, 4) is 5.75 Å². The van der Waals surface area contributed by atoms with Crippen molar-refractivity contribution in [2.75, 3.05) is 56.6 Å². The molecular weight excluding hydrogens is 408 g/mol. The molecule has 0 aromatic heterocycles. The smallest absolute Gasteiger partial charge is 0.339 e. The molecule has 1 aromatic rings. The number of aromatic carboxylic acids is 1. The van der Waals surface area contributed by atoms with Gasteiger partial charge in [0.1, 0.15) is 17.9 Å². The van der Waals surface area contributed by atoms with Crippen LogP contribution in [0.3, 0.4) is 0 Å². The molecule has 1 saturated heterocycles. The standard InChI is InChI=1S/C18H26N2O6S.ClH/c1-27(23,24)20(13-14-2-3-14)15-4-5-17(16(12-15)18(21)22)26-11-8-19-6-9-25-10-7-19;/h4-5,12,14H,2-3,6-11,13H2,1H3,(H,21,22);1H. The number of benzene rings is 1. The fourth-order valence-corrected chi connectivity index (χ4v) is 4.02. The molecule has 1 aromatic carbocycles. The van der Waals surface area contributed by atoms with Crippen LogP contribution < -0.4 is 9.04 Å². The minimum Gasteiger partial charge on any atom is -0.491 e. The van der Waals surface area contributed by atoms with Gasteiger partial charge in [-0.15, -0.1) is 12.4 Å². The van der Waals surface area contributed by atoms with E-state index in [1.165, 1.54) is 10.4 Å². The lowest BCUT2D eigenvalue weighted by Gasteiger charge is -2.26. The SMILES string of the molecule is CS(=O)(=O)N(CC1CC1)c1ccc(OCCN2CCOCC2)c(C(=O)O)c1.Cl. The number of rotatable bonds is 9. The highest BCUT2D eigenvalue weighted by molar-refractivity contribution is 7.92. The zero-order valence-electron chi connectivity index (χ0n) is 15.9. The maximum absolute atomic E-state index is 12.1. The van der Waals surface area contributed by atoms with Crippen LogP contribution in [0, 0.1) is 5.92 Å². The molecule has 1 aliphatic carbocycles. The van der Waals surface area contributed by atoms with E-state index in [4.69, 9.17) is 9.47 Å². The fourth-order valence-electron chi connectivity index (χ4n) is 3.04. The summed E-state index contributed by atoms with van der Waals surface area (Å²) < 4.78 is 36.5. The third-order valence-corrected chi connectivity index (χ3v) is 5.93. The van der Waals surface area contributed by atoms with Gasteiger partial charge in [-0.05, 0) is 37.0 Å². The summed E-state index contributed by atoms with van der Waals surface area (Å²) in [5, 5.41) is 9.54. The van der Waals surface area contributed by atoms with Crippen molar-refractivity contribution in [1.82, 2.24) is 4.90 Å². The van der Waals surface area contributed by atoms with Crippen LogP contribution in [0.1, 0.15) is 23.2 Å². The molecule has 0 spiro atoms. The van der Waals surface area contributed by atoms with E-state index in [0.29, 0.717) is 44.5 Å². The van der Waals surface area contributed by atoms with E-state index in [1.807, 2.05) is 0 Å². The van der Waals surface area contributed by atoms with E-state index in [0.717, 1.165) is 32.2 Å². The van der Waals surface area contributed by atoms with Crippen LogP contribution in [-0.4, -0.2) is 76.6 Å². The van der Waals surface area contributed by atoms with Crippen molar-refractivity contribution in [1.29, 1.82) is 0 Å². The van der Waals surface area contributed by atoms with Gasteiger partial charge in [-0.2, -0.15) is 0 Å². The summed E-state index contributed by atoms with van der Waals surface area (Å²) in [5.41, 5.74) is 0.334. The third kappa shape index (κ3) is 6.23. The Morgan fingerprint density at radius 2 is 2.00 bits per heavy atom. The minimum absolute atomic E-state index is 0. The summed E-state index contributed by atoms with van der Waals surface area (Å²) in [7, 11) is -3.48. The molecule has 0 atom stereocenters. The molecule has 3 rings (SSSR count). The van der Waals surface area contributed by atoms with Crippen molar-refractivity contribution in [2.45, 2.75) is 12.8 Å². The lowest BCUT2D eigenvalue weighted by molar-refractivity contribution is 0.0321. The van der Waals surface area contributed by atoms with Gasteiger partial charge in [0, 0.05) is 26.2 Å². The number of halogens is 1. The normalized spacial score (nSPS) is 17.6. The molecule has 0 bridgehead atoms. The summed E-state index contributed by atoms with van der Waals surface area (Å²) in [6.07, 6.45) is 3.14. The third-order valence-electron chi connectivity index (χ3n) is 4.77. The highest BCUT2D eigenvalue weighted by Crippen LogP contribution is 2.34. The number of nitrogens with zero attached hydrogens (tertiary/aromatic N) is 2. The van der Waals surface area contributed by atoms with E-state index in [1.54, 1.807) is 12.1 Å². The number of ether oxygens (including phenoxy) is 2. The zero-order chi connectivity index (χ0) is 19.4. The number of morpholine rings is 1. The number of anilines is 1. The van der Waals surface area contributed by atoms with Crippen molar-refractivity contribution in [3.05, 3.63) is 23.8 Å². The van der Waals surface area contributed by atoms with Gasteiger partial charge in [0.05, 0.1) is 25.2 Å². The van der Waals surface area contributed by atoms with E-state index in [2.05, 4.69) is 4.90 Å². The molecule has 0 unspecified atom stereocenters. The van der Waals surface area contributed by atoms with Gasteiger partial charge in [-0.25, -0.2) is 13.2 Å². The van der Waals surface area contributed by atoms with E-state index < -0.39 is 16.0 Å². The van der Waals surface area contributed by atoms with E-state index in [9.17, 15) is 18.3 Å². The lowest BCUT2D eigenvalue weighted by atomic mass is 10.1. The first-order valence-electron chi connectivity index (χ1n) is 9.12. The molecular formula is C18H27ClN2O6S. The van der Waals surface area contributed by atoms with E-state index >= 15 is 0 Å². The minimum atomic E-state index is -3.48. The number of hydrogen-bond acceptors (Lipinski definition) is 6. The molecule has 1 N–H and O–H groups in total. The molecule has 10 heteroatoms. The first-order chi connectivity index (χ1) is 12.8. The predicted octanol–water partition coefficient (Wildman–Crippen LogP) is 1.69. The molecule has 0 amide bonds. The topological polar surface area (TPSA) is 96.4 Å². The lowest BCUT2D eigenvalue weighted by Crippen LogP contribution is -2.38. The van der Waals surface area contributed by atoms with Crippen LogP contribution in [0.5, 0.6) is 5.75 Å². The number of sulfonamides is 1. The summed E-state index contributed by atoms with van der Waals surface area (Å²) in [5.74, 6) is -0.546. The highest BCUT2D eigenvalue weighted by atomic mass is 35.5. The molecule has 2 aliphatic rings. The monoisotopic (exact) mass is 434 g/mol. The average Bonchev–Trinajstić information content (AvgIpc) is 3.44. The van der Waals surface area contributed by atoms with Crippen molar-refractivity contribution in [3.63, 3.8) is 0 Å². The Labute approximate surface area is 171 Å². The van der Waals surface area contributed by atoms with Crippen molar-refractivity contribution >= 4 is 34.1 Å².